The lowest BCUT2D eigenvalue weighted by molar-refractivity contribution is -0.135. The first-order valence-corrected chi connectivity index (χ1v) is 7.67. The quantitative estimate of drug-likeness (QED) is 0.899. The maximum atomic E-state index is 11.4. The Labute approximate surface area is 131 Å². The molecule has 0 bridgehead atoms. The summed E-state index contributed by atoms with van der Waals surface area (Å²) in [5.41, 5.74) is 6.90. The molecular formula is C20H20O2. The van der Waals surface area contributed by atoms with Crippen molar-refractivity contribution in [1.82, 2.24) is 0 Å². The molecule has 0 heterocycles. The zero-order valence-corrected chi connectivity index (χ0v) is 13.0. The molecule has 0 spiro atoms. The molecule has 0 amide bonds. The highest BCUT2D eigenvalue weighted by Crippen LogP contribution is 2.42. The standard InChI is InChI=1S/C20H20O2/c1-13-7-3-5-9-16(13)20-14(2)11-15-8-4-6-10-17(15)18(20)12-19(21)22/h3-10,14H,11-12H2,1-2H3,(H,21,22)/t14-/m1/s1. The first-order chi connectivity index (χ1) is 10.6. The third kappa shape index (κ3) is 2.57. The summed E-state index contributed by atoms with van der Waals surface area (Å²) in [6.45, 7) is 4.29. The molecule has 112 valence electrons. The fourth-order valence-corrected chi connectivity index (χ4v) is 3.51. The normalized spacial score (nSPS) is 17.3. The third-order valence-corrected chi connectivity index (χ3v) is 4.45. The molecule has 0 fully saturated rings. The third-order valence-electron chi connectivity index (χ3n) is 4.45. The van der Waals surface area contributed by atoms with Gasteiger partial charge >= 0.3 is 5.97 Å². The van der Waals surface area contributed by atoms with Crippen LogP contribution in [0.4, 0.5) is 0 Å². The van der Waals surface area contributed by atoms with Crippen molar-refractivity contribution >= 4 is 17.1 Å². The zero-order valence-electron chi connectivity index (χ0n) is 13.0. The lowest BCUT2D eigenvalue weighted by Crippen LogP contribution is -2.15. The van der Waals surface area contributed by atoms with Crippen LogP contribution in [0.25, 0.3) is 11.1 Å². The minimum absolute atomic E-state index is 0.0744. The second-order valence-corrected chi connectivity index (χ2v) is 6.04. The summed E-state index contributed by atoms with van der Waals surface area (Å²) >= 11 is 0. The van der Waals surface area contributed by atoms with E-state index >= 15 is 0 Å². The summed E-state index contributed by atoms with van der Waals surface area (Å²) in [4.78, 5) is 11.4. The second kappa shape index (κ2) is 5.80. The van der Waals surface area contributed by atoms with Crippen molar-refractivity contribution in [1.29, 1.82) is 0 Å². The summed E-state index contributed by atoms with van der Waals surface area (Å²) in [5.74, 6) is -0.449. The average Bonchev–Trinajstić information content (AvgIpc) is 2.48. The van der Waals surface area contributed by atoms with E-state index in [2.05, 4.69) is 38.1 Å². The van der Waals surface area contributed by atoms with Gasteiger partial charge in [0.05, 0.1) is 6.42 Å². The highest BCUT2D eigenvalue weighted by atomic mass is 16.4. The Morgan fingerprint density at radius 1 is 1.09 bits per heavy atom. The second-order valence-electron chi connectivity index (χ2n) is 6.04. The van der Waals surface area contributed by atoms with Gasteiger partial charge in [-0.3, -0.25) is 4.79 Å². The van der Waals surface area contributed by atoms with Crippen molar-refractivity contribution in [2.24, 2.45) is 5.92 Å². The number of allylic oxidation sites excluding steroid dienone is 1. The molecule has 2 heteroatoms. The largest absolute Gasteiger partial charge is 0.481 e. The smallest absolute Gasteiger partial charge is 0.307 e. The highest BCUT2D eigenvalue weighted by molar-refractivity contribution is 6.00. The average molecular weight is 292 g/mol. The monoisotopic (exact) mass is 292 g/mol. The molecule has 0 aromatic heterocycles. The van der Waals surface area contributed by atoms with Gasteiger partial charge in [0, 0.05) is 0 Å². The Hall–Kier alpha value is -2.35. The lowest BCUT2D eigenvalue weighted by atomic mass is 9.75. The van der Waals surface area contributed by atoms with Crippen LogP contribution in [-0.2, 0) is 11.2 Å². The van der Waals surface area contributed by atoms with Gasteiger partial charge in [-0.2, -0.15) is 0 Å². The minimum Gasteiger partial charge on any atom is -0.481 e. The summed E-state index contributed by atoms with van der Waals surface area (Å²) in [7, 11) is 0. The SMILES string of the molecule is Cc1ccccc1C1=C(CC(=O)O)c2ccccc2C[C@H]1C. The molecule has 1 N–H and O–H groups in total. The number of hydrogen-bond donors (Lipinski definition) is 1. The van der Waals surface area contributed by atoms with E-state index in [0.29, 0.717) is 5.92 Å². The molecule has 3 rings (SSSR count). The molecule has 0 saturated carbocycles. The van der Waals surface area contributed by atoms with Crippen molar-refractivity contribution in [2.75, 3.05) is 0 Å². The van der Waals surface area contributed by atoms with Crippen LogP contribution in [0.15, 0.2) is 48.5 Å². The van der Waals surface area contributed by atoms with Gasteiger partial charge in [-0.05, 0) is 52.7 Å². The number of aryl methyl sites for hydroxylation is 1. The van der Waals surface area contributed by atoms with Crippen LogP contribution >= 0.6 is 0 Å². The Kier molecular flexibility index (Phi) is 3.84. The first-order valence-electron chi connectivity index (χ1n) is 7.67. The van der Waals surface area contributed by atoms with E-state index in [4.69, 9.17) is 0 Å². The van der Waals surface area contributed by atoms with Crippen LogP contribution < -0.4 is 0 Å². The molecule has 1 atom stereocenters. The Morgan fingerprint density at radius 2 is 1.73 bits per heavy atom. The minimum atomic E-state index is -0.773. The predicted octanol–water partition coefficient (Wildman–Crippen LogP) is 4.57. The van der Waals surface area contributed by atoms with Gasteiger partial charge in [0.25, 0.3) is 0 Å². The van der Waals surface area contributed by atoms with Gasteiger partial charge in [0.1, 0.15) is 0 Å². The van der Waals surface area contributed by atoms with Gasteiger partial charge < -0.3 is 5.11 Å². The van der Waals surface area contributed by atoms with Gasteiger partial charge in [0.15, 0.2) is 0 Å². The first kappa shape index (κ1) is 14.6. The number of fused-ring (bicyclic) bond motifs is 1. The Balaban J connectivity index is 2.27. The van der Waals surface area contributed by atoms with E-state index in [1.165, 1.54) is 22.3 Å². The number of benzene rings is 2. The summed E-state index contributed by atoms with van der Waals surface area (Å²) in [5, 5.41) is 9.38. The molecule has 22 heavy (non-hydrogen) atoms. The van der Waals surface area contributed by atoms with E-state index in [9.17, 15) is 9.90 Å². The number of carboxylic acids is 1. The number of hydrogen-bond acceptors (Lipinski definition) is 1. The molecule has 2 aromatic carbocycles. The highest BCUT2D eigenvalue weighted by Gasteiger charge is 2.27. The van der Waals surface area contributed by atoms with Crippen molar-refractivity contribution < 1.29 is 9.90 Å². The number of rotatable bonds is 3. The predicted molar refractivity (Wildman–Crippen MR) is 89.6 cm³/mol. The Morgan fingerprint density at radius 3 is 2.41 bits per heavy atom. The van der Waals surface area contributed by atoms with E-state index in [0.717, 1.165) is 17.6 Å². The van der Waals surface area contributed by atoms with Crippen molar-refractivity contribution in [3.05, 3.63) is 70.8 Å². The van der Waals surface area contributed by atoms with E-state index in [1.807, 2.05) is 24.3 Å². The van der Waals surface area contributed by atoms with Gasteiger partial charge in [-0.15, -0.1) is 0 Å². The van der Waals surface area contributed by atoms with Crippen LogP contribution in [-0.4, -0.2) is 11.1 Å². The molecule has 2 aromatic rings. The molecular weight excluding hydrogens is 272 g/mol. The lowest BCUT2D eigenvalue weighted by Gasteiger charge is -2.29. The van der Waals surface area contributed by atoms with Crippen molar-refractivity contribution in [2.45, 2.75) is 26.7 Å². The maximum Gasteiger partial charge on any atom is 0.307 e. The summed E-state index contributed by atoms with van der Waals surface area (Å²) in [6, 6.07) is 16.4. The number of carbonyl (C=O) groups is 1. The topological polar surface area (TPSA) is 37.3 Å². The molecule has 0 radical (unpaired) electrons. The van der Waals surface area contributed by atoms with Crippen molar-refractivity contribution in [3.63, 3.8) is 0 Å². The fraction of sp³-hybridized carbons (Fsp3) is 0.250. The molecule has 0 unspecified atom stereocenters. The van der Waals surface area contributed by atoms with E-state index in [-0.39, 0.29) is 6.42 Å². The molecule has 0 saturated heterocycles. The molecule has 1 aliphatic carbocycles. The van der Waals surface area contributed by atoms with Crippen LogP contribution in [0, 0.1) is 12.8 Å². The fourth-order valence-electron chi connectivity index (χ4n) is 3.51. The molecule has 2 nitrogen and oxygen atoms in total. The van der Waals surface area contributed by atoms with Crippen LogP contribution in [0.3, 0.4) is 0 Å². The molecule has 0 aliphatic heterocycles. The van der Waals surface area contributed by atoms with E-state index in [1.54, 1.807) is 0 Å². The molecule has 1 aliphatic rings. The van der Waals surface area contributed by atoms with Gasteiger partial charge in [-0.1, -0.05) is 55.5 Å². The van der Waals surface area contributed by atoms with Crippen LogP contribution in [0.1, 0.15) is 35.6 Å². The van der Waals surface area contributed by atoms with Crippen LogP contribution in [0.2, 0.25) is 0 Å². The van der Waals surface area contributed by atoms with Gasteiger partial charge in [-0.25, -0.2) is 0 Å². The van der Waals surface area contributed by atoms with Gasteiger partial charge in [0.2, 0.25) is 0 Å². The number of aliphatic carboxylic acids is 1. The van der Waals surface area contributed by atoms with E-state index < -0.39 is 5.97 Å². The summed E-state index contributed by atoms with van der Waals surface area (Å²) in [6.07, 6.45) is 1.04. The number of carboxylic acid groups (broad SMARTS) is 1. The Bertz CT molecular complexity index is 756. The van der Waals surface area contributed by atoms with Crippen molar-refractivity contribution in [3.8, 4) is 0 Å². The zero-order chi connectivity index (χ0) is 15.7. The van der Waals surface area contributed by atoms with Crippen LogP contribution in [0.5, 0.6) is 0 Å². The summed E-state index contributed by atoms with van der Waals surface area (Å²) < 4.78 is 0. The maximum absolute atomic E-state index is 11.4.